The molecule has 0 aromatic rings. The molecule has 0 rings (SSSR count). The molecule has 6 nitrogen and oxygen atoms in total. The van der Waals surface area contributed by atoms with Gasteiger partial charge < -0.3 is 29.7 Å². The van der Waals surface area contributed by atoms with E-state index >= 15 is 0 Å². The Kier molecular flexibility index (Phi) is 35.4. The van der Waals surface area contributed by atoms with Gasteiger partial charge in [-0.2, -0.15) is 0 Å². The van der Waals surface area contributed by atoms with E-state index in [1.54, 1.807) is 0 Å². The van der Waals surface area contributed by atoms with Crippen LogP contribution >= 0.6 is 0 Å². The predicted molar refractivity (Wildman–Crippen MR) is 204 cm³/mol. The van der Waals surface area contributed by atoms with Crippen LogP contribution in [0.3, 0.4) is 0 Å². The molecule has 288 valence electrons. The Labute approximate surface area is 315 Å². The first kappa shape index (κ1) is 54.7. The molecule has 7 heteroatoms. The molecule has 3 unspecified atom stereocenters. The molecule has 0 bridgehead atoms. The van der Waals surface area contributed by atoms with Gasteiger partial charge in [-0.3, -0.25) is 0 Å². The maximum absolute atomic E-state index is 11.6. The molecule has 0 aliphatic rings. The van der Waals surface area contributed by atoms with Gasteiger partial charge in [0.15, 0.2) is 0 Å². The molecule has 0 heterocycles. The van der Waals surface area contributed by atoms with E-state index in [0.29, 0.717) is 0 Å². The third-order valence-electron chi connectivity index (χ3n) is 11.1. The number of carbonyl (C=O) groups is 3. The maximum Gasteiger partial charge on any atom is 3.00 e. The van der Waals surface area contributed by atoms with Gasteiger partial charge in [-0.25, -0.2) is 0 Å². The van der Waals surface area contributed by atoms with Gasteiger partial charge in [-0.05, 0) is 75.5 Å². The summed E-state index contributed by atoms with van der Waals surface area (Å²) in [6.45, 7) is 25.0. The molecule has 3 atom stereocenters. The summed E-state index contributed by atoms with van der Waals surface area (Å²) < 4.78 is 0. The summed E-state index contributed by atoms with van der Waals surface area (Å²) in [5, 5.41) is 34.7. The number of hydrogen-bond acceptors (Lipinski definition) is 6. The first-order chi connectivity index (χ1) is 22.8. The zero-order chi connectivity index (χ0) is 37.8. The van der Waals surface area contributed by atoms with Gasteiger partial charge in [-0.1, -0.05) is 160 Å². The molecule has 0 aromatic heterocycles. The predicted octanol–water partition coefficient (Wildman–Crippen LogP) is 9.07. The fraction of sp³-hybridized carbons (Fsp3) is 0.929. The molecular weight excluding hydrogens is 627 g/mol. The van der Waals surface area contributed by atoms with E-state index in [-0.39, 0.29) is 35.1 Å². The van der Waals surface area contributed by atoms with Crippen LogP contribution in [0.1, 0.15) is 218 Å². The summed E-state index contributed by atoms with van der Waals surface area (Å²) >= 11 is 0. The summed E-state index contributed by atoms with van der Waals surface area (Å²) in [4.78, 5) is 34.7. The van der Waals surface area contributed by atoms with Crippen molar-refractivity contribution in [2.45, 2.75) is 218 Å². The van der Waals surface area contributed by atoms with Crippen LogP contribution in [0.15, 0.2) is 0 Å². The van der Waals surface area contributed by atoms with Crippen LogP contribution in [0.2, 0.25) is 0 Å². The molecule has 0 fully saturated rings. The van der Waals surface area contributed by atoms with E-state index in [2.05, 4.69) is 83.1 Å². The van der Waals surface area contributed by atoms with Crippen LogP contribution < -0.4 is 15.3 Å². The van der Waals surface area contributed by atoms with Crippen molar-refractivity contribution in [2.24, 2.45) is 34.0 Å². The Hall–Kier alpha value is -1.06. The quantitative estimate of drug-likeness (QED) is 0.0786. The first-order valence-electron chi connectivity index (χ1n) is 20.4. The smallest absolute Gasteiger partial charge is 0.550 e. The molecule has 0 N–H and O–H groups in total. The van der Waals surface area contributed by atoms with Crippen molar-refractivity contribution in [2.75, 3.05) is 0 Å². The van der Waals surface area contributed by atoms with E-state index in [1.165, 1.54) is 0 Å². The van der Waals surface area contributed by atoms with E-state index in [0.717, 1.165) is 135 Å². The number of carbonyl (C=O) groups excluding carboxylic acids is 3. The van der Waals surface area contributed by atoms with Crippen LogP contribution in [0, 0.1) is 34.0 Å². The van der Waals surface area contributed by atoms with Crippen molar-refractivity contribution >= 4 is 35.3 Å². The van der Waals surface area contributed by atoms with Gasteiger partial charge in [-0.15, -0.1) is 0 Å². The van der Waals surface area contributed by atoms with Gasteiger partial charge in [0, 0.05) is 34.2 Å². The molecule has 49 heavy (non-hydrogen) atoms. The van der Waals surface area contributed by atoms with E-state index in [1.807, 2.05) is 0 Å². The topological polar surface area (TPSA) is 120 Å². The molecule has 0 aliphatic heterocycles. The zero-order valence-corrected chi connectivity index (χ0v) is 35.8. The minimum Gasteiger partial charge on any atom is -0.550 e. The van der Waals surface area contributed by atoms with Crippen LogP contribution in [0.5, 0.6) is 0 Å². The second-order valence-electron chi connectivity index (χ2n) is 14.5. The Morgan fingerprint density at radius 2 is 0.531 bits per heavy atom. The molecule has 0 spiro atoms. The monoisotopic (exact) mass is 709 g/mol. The molecule has 0 saturated carbocycles. The van der Waals surface area contributed by atoms with E-state index in [4.69, 9.17) is 0 Å². The molecule has 0 aliphatic carbocycles. The summed E-state index contributed by atoms with van der Waals surface area (Å²) in [6.07, 6.45) is 19.2. The van der Waals surface area contributed by atoms with Crippen molar-refractivity contribution in [3.8, 4) is 0 Å². The minimum atomic E-state index is -0.823. The number of rotatable bonds is 27. The standard InChI is InChI=1S/3C14H28O2.Al/c3*1-5-9-12(8-4)14(10-6-2,11-7-3)13(15)16;/h3*12H,5-11H2,1-4H3,(H,15,16);/q;;;+3/p-3. The summed E-state index contributed by atoms with van der Waals surface area (Å²) in [6, 6.07) is 0. The Morgan fingerprint density at radius 3 is 0.612 bits per heavy atom. The van der Waals surface area contributed by atoms with Crippen LogP contribution in [0.25, 0.3) is 0 Å². The summed E-state index contributed by atoms with van der Waals surface area (Å²) in [7, 11) is 0. The van der Waals surface area contributed by atoms with Crippen LogP contribution in [-0.2, 0) is 14.4 Å². The number of aliphatic carboxylic acids is 3. The zero-order valence-electron chi connectivity index (χ0n) is 34.6. The van der Waals surface area contributed by atoms with Crippen molar-refractivity contribution in [3.05, 3.63) is 0 Å². The number of carboxylic acids is 3. The van der Waals surface area contributed by atoms with Crippen LogP contribution in [-0.4, -0.2) is 35.3 Å². The largest absolute Gasteiger partial charge is 3.00 e. The van der Waals surface area contributed by atoms with Gasteiger partial charge in [0.1, 0.15) is 0 Å². The third kappa shape index (κ3) is 17.3. The molecule has 0 saturated heterocycles. The first-order valence-corrected chi connectivity index (χ1v) is 20.4. The normalized spacial score (nSPS) is 13.5. The average Bonchev–Trinajstić information content (AvgIpc) is 3.04. The summed E-state index contributed by atoms with van der Waals surface area (Å²) in [5.74, 6) is -1.63. The van der Waals surface area contributed by atoms with Gasteiger partial charge >= 0.3 is 17.4 Å². The van der Waals surface area contributed by atoms with Gasteiger partial charge in [0.2, 0.25) is 0 Å². The van der Waals surface area contributed by atoms with E-state index < -0.39 is 34.2 Å². The van der Waals surface area contributed by atoms with Crippen molar-refractivity contribution < 1.29 is 29.7 Å². The van der Waals surface area contributed by atoms with Crippen LogP contribution in [0.4, 0.5) is 0 Å². The Bertz CT molecular complexity index is 690. The number of carboxylic acid groups (broad SMARTS) is 3. The fourth-order valence-corrected chi connectivity index (χ4v) is 9.05. The fourth-order valence-electron chi connectivity index (χ4n) is 9.05. The molecule has 0 amide bonds. The molecule has 0 aromatic carbocycles. The second kappa shape index (κ2) is 31.7. The number of hydrogen-bond donors (Lipinski definition) is 0. The van der Waals surface area contributed by atoms with Crippen molar-refractivity contribution in [1.82, 2.24) is 0 Å². The van der Waals surface area contributed by atoms with Crippen molar-refractivity contribution in [1.29, 1.82) is 0 Å². The van der Waals surface area contributed by atoms with E-state index in [9.17, 15) is 29.7 Å². The maximum atomic E-state index is 11.6. The molecular formula is C42H81AlO6. The second-order valence-corrected chi connectivity index (χ2v) is 14.5. The average molecular weight is 709 g/mol. The Balaban J connectivity index is -0.000000307. The molecule has 0 radical (unpaired) electrons. The summed E-state index contributed by atoms with van der Waals surface area (Å²) in [5.41, 5.74) is -1.73. The Morgan fingerprint density at radius 1 is 0.367 bits per heavy atom. The van der Waals surface area contributed by atoms with Crippen molar-refractivity contribution in [3.63, 3.8) is 0 Å². The third-order valence-corrected chi connectivity index (χ3v) is 11.1. The minimum absolute atomic E-state index is 0. The van der Waals surface area contributed by atoms with Gasteiger partial charge in [0.05, 0.1) is 0 Å². The van der Waals surface area contributed by atoms with Gasteiger partial charge in [0.25, 0.3) is 0 Å². The SMILES string of the molecule is CCCC(CC)C(CCC)(CCC)C(=O)[O-].CCCC(CC)C(CCC)(CCC)C(=O)[O-].CCCC(CC)C(CCC)(CCC)C(=O)[O-].[Al+3].